The first-order valence-corrected chi connectivity index (χ1v) is 5.60. The second-order valence-corrected chi connectivity index (χ2v) is 4.20. The van der Waals surface area contributed by atoms with Crippen LogP contribution in [0.4, 0.5) is 5.69 Å². The van der Waals surface area contributed by atoms with Crippen LogP contribution in [0.25, 0.3) is 0 Å². The summed E-state index contributed by atoms with van der Waals surface area (Å²) >= 11 is 16.8. The molecule has 88 valence electrons. The number of hydrogen-bond acceptors (Lipinski definition) is 3. The number of hydrogen-bond donors (Lipinski definition) is 3. The van der Waals surface area contributed by atoms with Gasteiger partial charge in [-0.05, 0) is 30.4 Å². The van der Waals surface area contributed by atoms with Crippen LogP contribution in [-0.4, -0.2) is 28.4 Å². The summed E-state index contributed by atoms with van der Waals surface area (Å²) in [5, 5.41) is 14.0. The van der Waals surface area contributed by atoms with Gasteiger partial charge >= 0.3 is 0 Å². The maximum atomic E-state index is 8.69. The molecule has 4 N–H and O–H groups in total. The lowest BCUT2D eigenvalue weighted by molar-refractivity contribution is 0.253. The van der Waals surface area contributed by atoms with E-state index in [2.05, 4.69) is 5.32 Å². The molecule has 0 saturated heterocycles. The number of benzene rings is 1. The average molecular weight is 280 g/mol. The zero-order valence-electron chi connectivity index (χ0n) is 8.28. The topological polar surface area (TPSA) is 61.5 Å². The summed E-state index contributed by atoms with van der Waals surface area (Å²) < 4.78 is 0. The van der Waals surface area contributed by atoms with Gasteiger partial charge in [0.05, 0.1) is 23.9 Å². The number of nitrogens with one attached hydrogen (secondary N) is 1. The lowest BCUT2D eigenvalue weighted by Gasteiger charge is -2.19. The Morgan fingerprint density at radius 2 is 2.19 bits per heavy atom. The van der Waals surface area contributed by atoms with Gasteiger partial charge in [0, 0.05) is 5.02 Å². The van der Waals surface area contributed by atoms with Crippen molar-refractivity contribution in [2.45, 2.75) is 0 Å². The summed E-state index contributed by atoms with van der Waals surface area (Å²) in [7, 11) is 0. The van der Waals surface area contributed by atoms with Crippen LogP contribution in [0.3, 0.4) is 0 Å². The molecule has 16 heavy (non-hydrogen) atoms. The fraction of sp³-hybridized carbons (Fsp3) is 0.222. The molecule has 1 aromatic rings. The molecule has 0 saturated carbocycles. The number of aliphatic hydroxyl groups is 1. The quantitative estimate of drug-likeness (QED) is 0.448. The van der Waals surface area contributed by atoms with Crippen LogP contribution in [0.15, 0.2) is 18.2 Å². The highest BCUT2D eigenvalue weighted by Gasteiger charge is 2.07. The van der Waals surface area contributed by atoms with Gasteiger partial charge in [-0.1, -0.05) is 23.2 Å². The molecule has 0 amide bonds. The number of nitrogens with zero attached hydrogens (tertiary/aromatic N) is 1. The third-order valence-corrected chi connectivity index (χ3v) is 2.67. The number of thiocarbonyl (C=S) groups is 1. The minimum atomic E-state index is -0.0817. The third-order valence-electron chi connectivity index (χ3n) is 1.77. The summed E-state index contributed by atoms with van der Waals surface area (Å²) in [5.74, 6) is 5.56. The predicted molar refractivity (Wildman–Crippen MR) is 70.7 cm³/mol. The summed E-state index contributed by atoms with van der Waals surface area (Å²) in [6.07, 6.45) is 0. The van der Waals surface area contributed by atoms with E-state index in [4.69, 9.17) is 46.4 Å². The van der Waals surface area contributed by atoms with Crippen molar-refractivity contribution < 1.29 is 5.11 Å². The number of halogens is 2. The molecule has 7 heteroatoms. The van der Waals surface area contributed by atoms with Gasteiger partial charge < -0.3 is 10.4 Å². The van der Waals surface area contributed by atoms with E-state index in [9.17, 15) is 0 Å². The largest absolute Gasteiger partial charge is 0.394 e. The summed E-state index contributed by atoms with van der Waals surface area (Å²) in [6.45, 7) is 0.158. The van der Waals surface area contributed by atoms with E-state index in [1.54, 1.807) is 18.2 Å². The molecule has 4 nitrogen and oxygen atoms in total. The van der Waals surface area contributed by atoms with Gasteiger partial charge in [-0.15, -0.1) is 0 Å². The highest BCUT2D eigenvalue weighted by atomic mass is 35.5. The van der Waals surface area contributed by atoms with Crippen molar-refractivity contribution in [1.82, 2.24) is 5.01 Å². The first-order chi connectivity index (χ1) is 7.54. The molecule has 1 aromatic carbocycles. The Bertz CT molecular complexity index is 389. The minimum Gasteiger partial charge on any atom is -0.394 e. The Kier molecular flexibility index (Phi) is 5.24. The van der Waals surface area contributed by atoms with Gasteiger partial charge in [0.25, 0.3) is 0 Å². The second-order valence-electron chi connectivity index (χ2n) is 2.97. The monoisotopic (exact) mass is 279 g/mol. The van der Waals surface area contributed by atoms with E-state index in [0.717, 1.165) is 0 Å². The number of rotatable bonds is 3. The van der Waals surface area contributed by atoms with E-state index in [-0.39, 0.29) is 18.3 Å². The third kappa shape index (κ3) is 3.77. The fourth-order valence-electron chi connectivity index (χ4n) is 0.990. The van der Waals surface area contributed by atoms with Crippen molar-refractivity contribution in [3.8, 4) is 0 Å². The van der Waals surface area contributed by atoms with E-state index in [1.807, 2.05) is 0 Å². The average Bonchev–Trinajstić information content (AvgIpc) is 2.23. The number of anilines is 1. The van der Waals surface area contributed by atoms with Crippen molar-refractivity contribution in [1.29, 1.82) is 0 Å². The van der Waals surface area contributed by atoms with Crippen molar-refractivity contribution in [3.63, 3.8) is 0 Å². The lowest BCUT2D eigenvalue weighted by atomic mass is 10.3. The van der Waals surface area contributed by atoms with Crippen LogP contribution in [-0.2, 0) is 0 Å². The molecule has 0 bridgehead atoms. The maximum Gasteiger partial charge on any atom is 0.187 e. The van der Waals surface area contributed by atoms with Crippen LogP contribution in [0.2, 0.25) is 10.0 Å². The molecule has 0 aromatic heterocycles. The molecule has 1 rings (SSSR count). The Balaban J connectivity index is 2.72. The minimum absolute atomic E-state index is 0.0817. The molecule has 0 aliphatic carbocycles. The Morgan fingerprint density at radius 1 is 1.50 bits per heavy atom. The molecule has 0 fully saturated rings. The second kappa shape index (κ2) is 6.22. The molecule has 0 atom stereocenters. The Labute approximate surface area is 109 Å². The zero-order chi connectivity index (χ0) is 12.1. The molecular formula is C9H11Cl2N3OS. The normalized spacial score (nSPS) is 10.0. The predicted octanol–water partition coefficient (Wildman–Crippen LogP) is 1.86. The fourth-order valence-corrected chi connectivity index (χ4v) is 1.53. The molecule has 0 spiro atoms. The van der Waals surface area contributed by atoms with Gasteiger partial charge in [0.1, 0.15) is 0 Å². The lowest BCUT2D eigenvalue weighted by Crippen LogP contribution is -2.42. The Hall–Kier alpha value is -0.590. The van der Waals surface area contributed by atoms with Gasteiger partial charge in [0.15, 0.2) is 5.11 Å². The van der Waals surface area contributed by atoms with Crippen molar-refractivity contribution in [3.05, 3.63) is 28.2 Å². The van der Waals surface area contributed by atoms with Gasteiger partial charge in [0.2, 0.25) is 0 Å². The first-order valence-electron chi connectivity index (χ1n) is 4.43. The highest BCUT2D eigenvalue weighted by Crippen LogP contribution is 2.25. The summed E-state index contributed by atoms with van der Waals surface area (Å²) in [5.41, 5.74) is 0.576. The van der Waals surface area contributed by atoms with Crippen LogP contribution >= 0.6 is 35.4 Å². The molecule has 0 heterocycles. The number of hydrazine groups is 1. The van der Waals surface area contributed by atoms with Crippen molar-refractivity contribution >= 4 is 46.2 Å². The van der Waals surface area contributed by atoms with Crippen LogP contribution in [0.1, 0.15) is 0 Å². The van der Waals surface area contributed by atoms with Gasteiger partial charge in [-0.3, -0.25) is 5.01 Å². The van der Waals surface area contributed by atoms with E-state index in [0.29, 0.717) is 15.7 Å². The Morgan fingerprint density at radius 3 is 2.81 bits per heavy atom. The zero-order valence-corrected chi connectivity index (χ0v) is 10.6. The van der Waals surface area contributed by atoms with Crippen molar-refractivity contribution in [2.24, 2.45) is 5.84 Å². The summed E-state index contributed by atoms with van der Waals surface area (Å²) in [4.78, 5) is 0. The number of nitrogens with two attached hydrogens (primary N) is 1. The van der Waals surface area contributed by atoms with Crippen molar-refractivity contribution in [2.75, 3.05) is 18.5 Å². The van der Waals surface area contributed by atoms with Gasteiger partial charge in [-0.2, -0.15) is 0 Å². The SMILES string of the molecule is NN(CCO)C(=S)Nc1cc(Cl)ccc1Cl. The molecule has 0 unspecified atom stereocenters. The maximum absolute atomic E-state index is 8.69. The molecule has 0 aliphatic rings. The van der Waals surface area contributed by atoms with E-state index in [1.165, 1.54) is 5.01 Å². The van der Waals surface area contributed by atoms with E-state index >= 15 is 0 Å². The molecule has 0 aliphatic heterocycles. The summed E-state index contributed by atoms with van der Waals surface area (Å²) in [6, 6.07) is 4.97. The van der Waals surface area contributed by atoms with Gasteiger partial charge in [-0.25, -0.2) is 5.84 Å². The number of aliphatic hydroxyl groups excluding tert-OH is 1. The molecular weight excluding hydrogens is 269 g/mol. The highest BCUT2D eigenvalue weighted by molar-refractivity contribution is 7.80. The standard InChI is InChI=1S/C9H11Cl2N3OS/c10-6-1-2-7(11)8(5-6)13-9(16)14(12)3-4-15/h1-2,5,15H,3-4,12H2,(H,13,16). The van der Waals surface area contributed by atoms with Crippen LogP contribution in [0, 0.1) is 0 Å². The van der Waals surface area contributed by atoms with E-state index < -0.39 is 0 Å². The van der Waals surface area contributed by atoms with Crippen LogP contribution in [0.5, 0.6) is 0 Å². The molecule has 0 radical (unpaired) electrons. The smallest absolute Gasteiger partial charge is 0.187 e. The first kappa shape index (κ1) is 13.5. The van der Waals surface area contributed by atoms with Crippen LogP contribution < -0.4 is 11.2 Å².